The number of hydrogen-bond acceptors (Lipinski definition) is 5. The quantitative estimate of drug-likeness (QED) is 0.769. The second kappa shape index (κ2) is 8.15. The molecule has 0 radical (unpaired) electrons. The molecule has 0 bridgehead atoms. The smallest absolute Gasteiger partial charge is 0.376 e. The molecule has 0 amide bonds. The monoisotopic (exact) mass is 453 g/mol. The lowest BCUT2D eigenvalue weighted by molar-refractivity contribution is -0.258. The molecule has 1 aliphatic rings. The first-order chi connectivity index (χ1) is 14.4. The molecular weight excluding hydrogens is 431 g/mol. The van der Waals surface area contributed by atoms with Gasteiger partial charge in [-0.05, 0) is 55.8 Å². The number of anilines is 1. The average molecular weight is 453 g/mol. The lowest BCUT2D eigenvalue weighted by Crippen LogP contribution is -2.54. The van der Waals surface area contributed by atoms with Crippen molar-refractivity contribution in [3.63, 3.8) is 0 Å². The Balaban J connectivity index is 1.77. The highest BCUT2D eigenvalue weighted by Gasteiger charge is 2.51. The zero-order chi connectivity index (χ0) is 23.0. The zero-order valence-corrected chi connectivity index (χ0v) is 17.8. The van der Waals surface area contributed by atoms with Gasteiger partial charge in [0.25, 0.3) is 0 Å². The molecule has 0 aliphatic carbocycles. The molecule has 1 fully saturated rings. The van der Waals surface area contributed by atoms with Crippen molar-refractivity contribution in [2.45, 2.75) is 36.6 Å². The molecule has 3 rings (SSSR count). The van der Waals surface area contributed by atoms with Crippen LogP contribution >= 0.6 is 0 Å². The van der Waals surface area contributed by atoms with Crippen molar-refractivity contribution < 1.29 is 26.7 Å². The van der Waals surface area contributed by atoms with Crippen molar-refractivity contribution in [1.29, 1.82) is 5.26 Å². The van der Waals surface area contributed by atoms with E-state index in [2.05, 4.69) is 0 Å². The number of benzene rings is 2. The predicted octanol–water partition coefficient (Wildman–Crippen LogP) is 3.23. The van der Waals surface area contributed by atoms with Crippen LogP contribution in [0.5, 0.6) is 0 Å². The normalized spacial score (nSPS) is 20.2. The van der Waals surface area contributed by atoms with Crippen molar-refractivity contribution in [1.82, 2.24) is 4.31 Å². The molecule has 2 aromatic rings. The van der Waals surface area contributed by atoms with Gasteiger partial charge in [0, 0.05) is 31.4 Å². The molecule has 0 aromatic heterocycles. The Morgan fingerprint density at radius 3 is 2.13 bits per heavy atom. The zero-order valence-electron chi connectivity index (χ0n) is 17.0. The minimum Gasteiger partial charge on any atom is -0.376 e. The van der Waals surface area contributed by atoms with Crippen LogP contribution in [-0.4, -0.2) is 49.7 Å². The van der Waals surface area contributed by atoms with Gasteiger partial charge in [-0.25, -0.2) is 8.42 Å². The highest BCUT2D eigenvalue weighted by atomic mass is 32.2. The Morgan fingerprint density at radius 2 is 1.65 bits per heavy atom. The maximum atomic E-state index is 13.1. The summed E-state index contributed by atoms with van der Waals surface area (Å²) in [7, 11) is -3.92. The number of alkyl halides is 3. The van der Waals surface area contributed by atoms with Crippen LogP contribution in [0.15, 0.2) is 53.4 Å². The third-order valence-corrected chi connectivity index (χ3v) is 7.53. The number of nitrogens with zero attached hydrogens (tertiary/aromatic N) is 3. The van der Waals surface area contributed by atoms with Crippen LogP contribution in [0.3, 0.4) is 0 Å². The second-order valence-electron chi connectivity index (χ2n) is 7.66. The van der Waals surface area contributed by atoms with Crippen molar-refractivity contribution in [2.75, 3.05) is 24.5 Å². The summed E-state index contributed by atoms with van der Waals surface area (Å²) < 4.78 is 66.5. The number of halogens is 3. The lowest BCUT2D eigenvalue weighted by atomic mass is 9.96. The summed E-state index contributed by atoms with van der Waals surface area (Å²) in [5, 5.41) is 18.7. The topological polar surface area (TPSA) is 84.6 Å². The first-order valence-corrected chi connectivity index (χ1v) is 11.0. The molecule has 6 nitrogen and oxygen atoms in total. The van der Waals surface area contributed by atoms with E-state index in [1.807, 2.05) is 11.0 Å². The minimum atomic E-state index is -4.89. The number of sulfonamides is 1. The molecular formula is C21H22F3N3O3S. The van der Waals surface area contributed by atoms with Gasteiger partial charge in [-0.15, -0.1) is 0 Å². The standard InChI is InChI=1S/C21H22F3N3O3S/c1-15-14-26(18-7-3-16(13-25)4-8-18)11-12-27(15)31(29,30)19-9-5-17(6-10-19)20(2,28)21(22,23)24/h3-10,15,28H,11-12,14H2,1-2H3. The van der Waals surface area contributed by atoms with Gasteiger partial charge in [-0.1, -0.05) is 12.1 Å². The van der Waals surface area contributed by atoms with Gasteiger partial charge < -0.3 is 10.0 Å². The Kier molecular flexibility index (Phi) is 6.06. The molecule has 1 heterocycles. The number of piperazine rings is 1. The van der Waals surface area contributed by atoms with Gasteiger partial charge in [0.2, 0.25) is 10.0 Å². The molecule has 31 heavy (non-hydrogen) atoms. The third kappa shape index (κ3) is 4.39. The third-order valence-electron chi connectivity index (χ3n) is 5.50. The van der Waals surface area contributed by atoms with Crippen LogP contribution in [0.25, 0.3) is 0 Å². The SMILES string of the molecule is CC1CN(c2ccc(C#N)cc2)CCN1S(=O)(=O)c1ccc(C(C)(O)C(F)(F)F)cc1. The molecule has 1 N–H and O–H groups in total. The Hall–Kier alpha value is -2.61. The van der Waals surface area contributed by atoms with Crippen molar-refractivity contribution in [2.24, 2.45) is 0 Å². The van der Waals surface area contributed by atoms with Crippen LogP contribution in [0.2, 0.25) is 0 Å². The summed E-state index contributed by atoms with van der Waals surface area (Å²) in [5.74, 6) is 0. The van der Waals surface area contributed by atoms with Crippen LogP contribution < -0.4 is 4.90 Å². The summed E-state index contributed by atoms with van der Waals surface area (Å²) in [6, 6.07) is 12.8. The highest BCUT2D eigenvalue weighted by Crippen LogP contribution is 2.38. The molecule has 2 atom stereocenters. The fraction of sp³-hybridized carbons (Fsp3) is 0.381. The molecule has 2 aromatic carbocycles. The molecule has 1 saturated heterocycles. The van der Waals surface area contributed by atoms with Gasteiger partial charge in [-0.3, -0.25) is 0 Å². The van der Waals surface area contributed by atoms with E-state index in [1.54, 1.807) is 31.2 Å². The number of nitriles is 1. The van der Waals surface area contributed by atoms with Crippen LogP contribution in [-0.2, 0) is 15.6 Å². The molecule has 1 aliphatic heterocycles. The summed E-state index contributed by atoms with van der Waals surface area (Å²) in [4.78, 5) is 1.88. The van der Waals surface area contributed by atoms with Crippen molar-refractivity contribution in [3.8, 4) is 6.07 Å². The first kappa shape index (κ1) is 23.1. The van der Waals surface area contributed by atoms with Crippen molar-refractivity contribution in [3.05, 3.63) is 59.7 Å². The van der Waals surface area contributed by atoms with E-state index in [9.17, 15) is 26.7 Å². The Bertz CT molecular complexity index is 1080. The predicted molar refractivity (Wildman–Crippen MR) is 109 cm³/mol. The molecule has 2 unspecified atom stereocenters. The van der Waals surface area contributed by atoms with E-state index >= 15 is 0 Å². The minimum absolute atomic E-state index is 0.132. The summed E-state index contributed by atoms with van der Waals surface area (Å²) in [6.45, 7) is 3.44. The molecule has 0 spiro atoms. The van der Waals surface area contributed by atoms with Crippen LogP contribution in [0.4, 0.5) is 18.9 Å². The maximum Gasteiger partial charge on any atom is 0.421 e. The fourth-order valence-electron chi connectivity index (χ4n) is 3.53. The molecule has 166 valence electrons. The van der Waals surface area contributed by atoms with E-state index in [0.29, 0.717) is 25.6 Å². The average Bonchev–Trinajstić information content (AvgIpc) is 2.73. The van der Waals surface area contributed by atoms with E-state index < -0.39 is 27.4 Å². The summed E-state index contributed by atoms with van der Waals surface area (Å²) in [5.41, 5.74) is -2.10. The molecule has 10 heteroatoms. The van der Waals surface area contributed by atoms with E-state index in [-0.39, 0.29) is 17.5 Å². The van der Waals surface area contributed by atoms with E-state index in [4.69, 9.17) is 5.26 Å². The van der Waals surface area contributed by atoms with Crippen molar-refractivity contribution >= 4 is 15.7 Å². The fourth-order valence-corrected chi connectivity index (χ4v) is 5.14. The summed E-state index contributed by atoms with van der Waals surface area (Å²) >= 11 is 0. The second-order valence-corrected chi connectivity index (χ2v) is 9.55. The summed E-state index contributed by atoms with van der Waals surface area (Å²) in [6.07, 6.45) is -4.89. The number of hydrogen-bond donors (Lipinski definition) is 1. The van der Waals surface area contributed by atoms with Gasteiger partial charge in [0.1, 0.15) is 0 Å². The van der Waals surface area contributed by atoms with Gasteiger partial charge in [0.05, 0.1) is 16.5 Å². The highest BCUT2D eigenvalue weighted by molar-refractivity contribution is 7.89. The van der Waals surface area contributed by atoms with Crippen LogP contribution in [0, 0.1) is 11.3 Å². The number of rotatable bonds is 4. The van der Waals surface area contributed by atoms with Gasteiger partial charge in [-0.2, -0.15) is 22.7 Å². The Labute approximate surface area is 179 Å². The largest absolute Gasteiger partial charge is 0.421 e. The molecule has 0 saturated carbocycles. The van der Waals surface area contributed by atoms with Gasteiger partial charge in [0.15, 0.2) is 5.60 Å². The number of aliphatic hydroxyl groups is 1. The first-order valence-electron chi connectivity index (χ1n) is 9.54. The lowest BCUT2D eigenvalue weighted by Gasteiger charge is -2.40. The Morgan fingerprint density at radius 1 is 1.06 bits per heavy atom. The van der Waals surface area contributed by atoms with Gasteiger partial charge >= 0.3 is 6.18 Å². The maximum absolute atomic E-state index is 13.1. The van der Waals surface area contributed by atoms with E-state index in [0.717, 1.165) is 30.0 Å². The van der Waals surface area contributed by atoms with Crippen LogP contribution in [0.1, 0.15) is 25.0 Å². The van der Waals surface area contributed by atoms with E-state index in [1.165, 1.54) is 4.31 Å².